The van der Waals surface area contributed by atoms with E-state index in [-0.39, 0.29) is 10.7 Å². The van der Waals surface area contributed by atoms with Crippen molar-refractivity contribution in [1.82, 2.24) is 15.5 Å². The monoisotopic (exact) mass is 400 g/mol. The Morgan fingerprint density at radius 3 is 2.68 bits per heavy atom. The van der Waals surface area contributed by atoms with Crippen molar-refractivity contribution in [2.45, 2.75) is 13.0 Å². The molecule has 28 heavy (non-hydrogen) atoms. The highest BCUT2D eigenvalue weighted by molar-refractivity contribution is 7.18. The molecule has 0 aliphatic rings. The number of methoxy groups -OCH3 is 1. The molecule has 0 aliphatic heterocycles. The van der Waals surface area contributed by atoms with Gasteiger partial charge in [-0.25, -0.2) is 4.39 Å². The first-order valence-electron chi connectivity index (χ1n) is 8.32. The Balaban J connectivity index is 1.64. The number of hydrogen-bond acceptors (Lipinski definition) is 6. The average molecular weight is 400 g/mol. The first-order valence-corrected chi connectivity index (χ1v) is 9.13. The van der Waals surface area contributed by atoms with Crippen LogP contribution < -0.4 is 15.4 Å². The molecule has 1 unspecified atom stereocenters. The molecule has 0 fully saturated rings. The van der Waals surface area contributed by atoms with Crippen LogP contribution in [0.3, 0.4) is 0 Å². The molecular formula is C19H17FN4O3S. The highest BCUT2D eigenvalue weighted by atomic mass is 32.1. The normalized spacial score (nSPS) is 11.5. The second kappa shape index (κ2) is 8.57. The van der Waals surface area contributed by atoms with Crippen molar-refractivity contribution in [3.63, 3.8) is 0 Å². The molecule has 2 N–H and O–H groups in total. The van der Waals surface area contributed by atoms with Crippen LogP contribution in [-0.4, -0.2) is 35.2 Å². The van der Waals surface area contributed by atoms with Crippen LogP contribution in [0.25, 0.3) is 10.6 Å². The fourth-order valence-electron chi connectivity index (χ4n) is 2.35. The lowest BCUT2D eigenvalue weighted by atomic mass is 10.2. The minimum absolute atomic E-state index is 0.127. The van der Waals surface area contributed by atoms with E-state index in [4.69, 9.17) is 4.74 Å². The van der Waals surface area contributed by atoms with Crippen molar-refractivity contribution in [2.75, 3.05) is 12.4 Å². The highest BCUT2D eigenvalue weighted by Crippen LogP contribution is 2.28. The van der Waals surface area contributed by atoms with E-state index < -0.39 is 23.7 Å². The average Bonchev–Trinajstić information content (AvgIpc) is 3.16. The fraction of sp³-hybridized carbons (Fsp3) is 0.158. The van der Waals surface area contributed by atoms with Gasteiger partial charge in [0, 0.05) is 5.56 Å². The highest BCUT2D eigenvalue weighted by Gasteiger charge is 2.20. The van der Waals surface area contributed by atoms with Gasteiger partial charge in [0.15, 0.2) is 0 Å². The van der Waals surface area contributed by atoms with E-state index in [0.717, 1.165) is 5.56 Å². The summed E-state index contributed by atoms with van der Waals surface area (Å²) in [5.74, 6) is -1.13. The number of carbonyl (C=O) groups excluding carboxylic acids is 2. The van der Waals surface area contributed by atoms with E-state index >= 15 is 0 Å². The van der Waals surface area contributed by atoms with Crippen LogP contribution in [0.15, 0.2) is 48.5 Å². The number of benzene rings is 2. The smallest absolute Gasteiger partial charge is 0.254 e. The summed E-state index contributed by atoms with van der Waals surface area (Å²) in [6.07, 6.45) is 0. The summed E-state index contributed by atoms with van der Waals surface area (Å²) in [6.45, 7) is 1.50. The number of ether oxygens (including phenoxy) is 1. The first kappa shape index (κ1) is 19.4. The van der Waals surface area contributed by atoms with E-state index in [9.17, 15) is 14.0 Å². The number of anilines is 1. The third kappa shape index (κ3) is 4.49. The van der Waals surface area contributed by atoms with E-state index in [1.165, 1.54) is 36.5 Å². The molecule has 144 valence electrons. The zero-order chi connectivity index (χ0) is 20.1. The van der Waals surface area contributed by atoms with Gasteiger partial charge in [0.2, 0.25) is 11.0 Å². The number of hydrogen-bond donors (Lipinski definition) is 2. The number of halogens is 1. The summed E-state index contributed by atoms with van der Waals surface area (Å²) in [7, 11) is 1.57. The minimum atomic E-state index is -0.892. The van der Waals surface area contributed by atoms with Crippen molar-refractivity contribution < 1.29 is 18.7 Å². The summed E-state index contributed by atoms with van der Waals surface area (Å²) in [4.78, 5) is 24.4. The largest absolute Gasteiger partial charge is 0.497 e. The molecule has 2 amide bonds. The van der Waals surface area contributed by atoms with Gasteiger partial charge in [0.1, 0.15) is 22.6 Å². The molecule has 0 bridgehead atoms. The molecule has 1 aromatic heterocycles. The second-order valence-electron chi connectivity index (χ2n) is 5.81. The minimum Gasteiger partial charge on any atom is -0.497 e. The summed E-state index contributed by atoms with van der Waals surface area (Å²) >= 11 is 1.19. The SMILES string of the molecule is COc1cccc(-c2nnc(NC(=O)C(C)NC(=O)c3ccccc3F)s2)c1. The van der Waals surface area contributed by atoms with E-state index in [0.29, 0.717) is 10.8 Å². The molecule has 1 atom stereocenters. The lowest BCUT2D eigenvalue weighted by molar-refractivity contribution is -0.117. The van der Waals surface area contributed by atoms with Gasteiger partial charge in [0.05, 0.1) is 12.7 Å². The molecule has 7 nitrogen and oxygen atoms in total. The standard InChI is InChI=1S/C19H17FN4O3S/c1-11(21-17(26)14-8-3-4-9-15(14)20)16(25)22-19-24-23-18(28-19)12-6-5-7-13(10-12)27-2/h3-11H,1-2H3,(H,21,26)(H,22,24,25). The van der Waals surface area contributed by atoms with Crippen LogP contribution in [0.1, 0.15) is 17.3 Å². The molecule has 3 rings (SSSR count). The molecule has 3 aromatic rings. The Labute approximate surface area is 164 Å². The van der Waals surface area contributed by atoms with Crippen molar-refractivity contribution in [1.29, 1.82) is 0 Å². The Morgan fingerprint density at radius 2 is 1.93 bits per heavy atom. The molecule has 2 aromatic carbocycles. The van der Waals surface area contributed by atoms with Gasteiger partial charge < -0.3 is 10.1 Å². The van der Waals surface area contributed by atoms with Crippen LogP contribution in [0.5, 0.6) is 5.75 Å². The number of rotatable bonds is 6. The maximum atomic E-state index is 13.7. The van der Waals surface area contributed by atoms with Crippen LogP contribution >= 0.6 is 11.3 Å². The fourth-order valence-corrected chi connectivity index (χ4v) is 3.09. The van der Waals surface area contributed by atoms with E-state index in [2.05, 4.69) is 20.8 Å². The van der Waals surface area contributed by atoms with Crippen molar-refractivity contribution >= 4 is 28.3 Å². The van der Waals surface area contributed by atoms with Crippen molar-refractivity contribution in [3.05, 3.63) is 59.9 Å². The third-order valence-corrected chi connectivity index (χ3v) is 4.72. The van der Waals surface area contributed by atoms with Crippen LogP contribution in [0.4, 0.5) is 9.52 Å². The van der Waals surface area contributed by atoms with Gasteiger partial charge in [0.25, 0.3) is 5.91 Å². The van der Waals surface area contributed by atoms with Gasteiger partial charge in [-0.1, -0.05) is 35.6 Å². The van der Waals surface area contributed by atoms with Gasteiger partial charge >= 0.3 is 0 Å². The number of carbonyl (C=O) groups is 2. The number of nitrogens with zero attached hydrogens (tertiary/aromatic N) is 2. The van der Waals surface area contributed by atoms with Crippen molar-refractivity contribution in [3.8, 4) is 16.3 Å². The maximum Gasteiger partial charge on any atom is 0.254 e. The second-order valence-corrected chi connectivity index (χ2v) is 6.79. The predicted molar refractivity (Wildman–Crippen MR) is 104 cm³/mol. The number of nitrogens with one attached hydrogen (secondary N) is 2. The van der Waals surface area contributed by atoms with Gasteiger partial charge in [-0.05, 0) is 31.2 Å². The molecule has 0 spiro atoms. The van der Waals surface area contributed by atoms with Crippen LogP contribution in [0, 0.1) is 5.82 Å². The van der Waals surface area contributed by atoms with E-state index in [1.54, 1.807) is 13.2 Å². The summed E-state index contributed by atoms with van der Waals surface area (Å²) in [6, 6.07) is 12.0. The Morgan fingerprint density at radius 1 is 1.14 bits per heavy atom. The third-order valence-electron chi connectivity index (χ3n) is 3.83. The molecule has 0 saturated heterocycles. The van der Waals surface area contributed by atoms with Gasteiger partial charge in [-0.2, -0.15) is 0 Å². The Kier molecular flexibility index (Phi) is 5.95. The summed E-state index contributed by atoms with van der Waals surface area (Å²) in [5.41, 5.74) is 0.677. The molecule has 9 heteroatoms. The molecule has 0 radical (unpaired) electrons. The zero-order valence-corrected chi connectivity index (χ0v) is 15.9. The predicted octanol–water partition coefficient (Wildman–Crippen LogP) is 3.11. The van der Waals surface area contributed by atoms with Crippen molar-refractivity contribution in [2.24, 2.45) is 0 Å². The molecule has 0 saturated carbocycles. The van der Waals surface area contributed by atoms with Gasteiger partial charge in [-0.15, -0.1) is 10.2 Å². The number of amides is 2. The lowest BCUT2D eigenvalue weighted by Gasteiger charge is -2.13. The summed E-state index contributed by atoms with van der Waals surface area (Å²) < 4.78 is 18.9. The molecular weight excluding hydrogens is 383 g/mol. The molecule has 0 aliphatic carbocycles. The van der Waals surface area contributed by atoms with E-state index in [1.807, 2.05) is 24.3 Å². The topological polar surface area (TPSA) is 93.2 Å². The van der Waals surface area contributed by atoms with Gasteiger partial charge in [-0.3, -0.25) is 14.9 Å². The van der Waals surface area contributed by atoms with Crippen LogP contribution in [-0.2, 0) is 4.79 Å². The molecule has 1 heterocycles. The van der Waals surface area contributed by atoms with Crippen LogP contribution in [0.2, 0.25) is 0 Å². The summed E-state index contributed by atoms with van der Waals surface area (Å²) in [5, 5.41) is 14.0. The Bertz CT molecular complexity index is 1010. The first-order chi connectivity index (χ1) is 13.5. The quantitative estimate of drug-likeness (QED) is 0.663. The Hall–Kier alpha value is -3.33. The number of aromatic nitrogens is 2. The lowest BCUT2D eigenvalue weighted by Crippen LogP contribution is -2.41. The zero-order valence-electron chi connectivity index (χ0n) is 15.1. The maximum absolute atomic E-state index is 13.7.